The van der Waals surface area contributed by atoms with Crippen LogP contribution in [0.3, 0.4) is 0 Å². The standard InChI is InChI=1S/C8H9N5O/c1-2-14-5-13-8-6-7(10-3-9-6)11-4-12-8/h3-5H,2H2,1H3,(H,9,10,11,12). The molecule has 2 aromatic rings. The maximum Gasteiger partial charge on any atom is 0.184 e. The van der Waals surface area contributed by atoms with Gasteiger partial charge in [-0.25, -0.2) is 15.0 Å². The van der Waals surface area contributed by atoms with E-state index in [0.717, 1.165) is 0 Å². The monoisotopic (exact) mass is 191 g/mol. The highest BCUT2D eigenvalue weighted by Crippen LogP contribution is 2.16. The number of imidazole rings is 1. The van der Waals surface area contributed by atoms with Gasteiger partial charge in [0.05, 0.1) is 12.9 Å². The van der Waals surface area contributed by atoms with Gasteiger partial charge in [-0.15, -0.1) is 0 Å². The van der Waals surface area contributed by atoms with E-state index in [1.807, 2.05) is 6.92 Å². The number of hydrogen-bond donors (Lipinski definition) is 1. The Morgan fingerprint density at radius 1 is 1.50 bits per heavy atom. The number of ether oxygens (including phenoxy) is 1. The number of rotatable bonds is 3. The summed E-state index contributed by atoms with van der Waals surface area (Å²) in [6.07, 6.45) is 4.34. The molecule has 0 unspecified atom stereocenters. The van der Waals surface area contributed by atoms with Crippen LogP contribution in [-0.2, 0) is 4.74 Å². The molecular weight excluding hydrogens is 182 g/mol. The molecule has 6 nitrogen and oxygen atoms in total. The molecule has 0 amide bonds. The smallest absolute Gasteiger partial charge is 0.184 e. The molecule has 0 radical (unpaired) electrons. The third-order valence-electron chi connectivity index (χ3n) is 1.62. The van der Waals surface area contributed by atoms with Crippen LogP contribution in [-0.4, -0.2) is 32.9 Å². The molecule has 0 saturated carbocycles. The second kappa shape index (κ2) is 3.82. The van der Waals surface area contributed by atoms with E-state index in [1.54, 1.807) is 6.33 Å². The van der Waals surface area contributed by atoms with Crippen molar-refractivity contribution in [3.63, 3.8) is 0 Å². The number of fused-ring (bicyclic) bond motifs is 1. The fraction of sp³-hybridized carbons (Fsp3) is 0.250. The van der Waals surface area contributed by atoms with E-state index in [9.17, 15) is 0 Å². The van der Waals surface area contributed by atoms with Gasteiger partial charge in [0.15, 0.2) is 17.9 Å². The van der Waals surface area contributed by atoms with E-state index < -0.39 is 0 Å². The van der Waals surface area contributed by atoms with Crippen LogP contribution >= 0.6 is 0 Å². The number of hydrogen-bond acceptors (Lipinski definition) is 5. The lowest BCUT2D eigenvalue weighted by molar-refractivity contribution is 0.344. The van der Waals surface area contributed by atoms with Crippen molar-refractivity contribution in [3.8, 4) is 0 Å². The molecule has 72 valence electrons. The first-order valence-corrected chi connectivity index (χ1v) is 4.20. The molecule has 0 aliphatic heterocycles. The Morgan fingerprint density at radius 3 is 3.29 bits per heavy atom. The summed E-state index contributed by atoms with van der Waals surface area (Å²) < 4.78 is 4.98. The number of nitrogens with one attached hydrogen (secondary N) is 1. The molecule has 2 aromatic heterocycles. The Labute approximate surface area is 80.1 Å². The topological polar surface area (TPSA) is 76.1 Å². The van der Waals surface area contributed by atoms with Gasteiger partial charge in [0.2, 0.25) is 0 Å². The molecule has 1 N–H and O–H groups in total. The molecule has 14 heavy (non-hydrogen) atoms. The number of aromatic nitrogens is 4. The molecule has 0 aliphatic rings. The third-order valence-corrected chi connectivity index (χ3v) is 1.62. The van der Waals surface area contributed by atoms with Gasteiger partial charge >= 0.3 is 0 Å². The summed E-state index contributed by atoms with van der Waals surface area (Å²) >= 11 is 0. The van der Waals surface area contributed by atoms with Crippen LogP contribution in [0.15, 0.2) is 17.6 Å². The van der Waals surface area contributed by atoms with Crippen molar-refractivity contribution in [2.45, 2.75) is 6.92 Å². The highest BCUT2D eigenvalue weighted by atomic mass is 16.5. The Hall–Kier alpha value is -1.98. The van der Waals surface area contributed by atoms with Crippen molar-refractivity contribution in [2.24, 2.45) is 4.99 Å². The molecule has 0 aromatic carbocycles. The summed E-state index contributed by atoms with van der Waals surface area (Å²) in [5, 5.41) is 0. The van der Waals surface area contributed by atoms with Crippen LogP contribution < -0.4 is 0 Å². The summed E-state index contributed by atoms with van der Waals surface area (Å²) in [6, 6.07) is 0. The second-order valence-corrected chi connectivity index (χ2v) is 2.49. The van der Waals surface area contributed by atoms with Crippen molar-refractivity contribution in [3.05, 3.63) is 12.7 Å². The number of aromatic amines is 1. The van der Waals surface area contributed by atoms with Gasteiger partial charge in [-0.05, 0) is 6.92 Å². The van der Waals surface area contributed by atoms with Gasteiger partial charge < -0.3 is 9.72 Å². The molecule has 0 spiro atoms. The van der Waals surface area contributed by atoms with Crippen LogP contribution in [0.4, 0.5) is 5.82 Å². The first-order valence-electron chi connectivity index (χ1n) is 4.20. The van der Waals surface area contributed by atoms with Gasteiger partial charge in [0, 0.05) is 0 Å². The summed E-state index contributed by atoms with van der Waals surface area (Å²) in [7, 11) is 0. The fourth-order valence-corrected chi connectivity index (χ4v) is 1.01. The van der Waals surface area contributed by atoms with Crippen molar-refractivity contribution in [2.75, 3.05) is 6.61 Å². The van der Waals surface area contributed by atoms with Gasteiger partial charge in [0.25, 0.3) is 0 Å². The highest BCUT2D eigenvalue weighted by Gasteiger charge is 2.02. The minimum absolute atomic E-state index is 0.529. The lowest BCUT2D eigenvalue weighted by Gasteiger charge is -1.94. The first kappa shape index (κ1) is 8.61. The third kappa shape index (κ3) is 1.54. The van der Waals surface area contributed by atoms with E-state index >= 15 is 0 Å². The average Bonchev–Trinajstić information content (AvgIpc) is 2.67. The summed E-state index contributed by atoms with van der Waals surface area (Å²) in [4.78, 5) is 18.9. The average molecular weight is 191 g/mol. The minimum Gasteiger partial charge on any atom is -0.483 e. The summed E-state index contributed by atoms with van der Waals surface area (Å²) in [6.45, 7) is 2.47. The van der Waals surface area contributed by atoms with E-state index in [1.165, 1.54) is 12.7 Å². The molecule has 2 rings (SSSR count). The van der Waals surface area contributed by atoms with Crippen LogP contribution in [0.1, 0.15) is 6.92 Å². The molecule has 2 heterocycles. The van der Waals surface area contributed by atoms with E-state index in [2.05, 4.69) is 24.9 Å². The first-order chi connectivity index (χ1) is 6.92. The van der Waals surface area contributed by atoms with E-state index in [0.29, 0.717) is 23.6 Å². The molecule has 0 aliphatic carbocycles. The number of H-pyrrole nitrogens is 1. The minimum atomic E-state index is 0.529. The van der Waals surface area contributed by atoms with Crippen molar-refractivity contribution in [1.82, 2.24) is 19.9 Å². The van der Waals surface area contributed by atoms with Crippen LogP contribution in [0.25, 0.3) is 11.2 Å². The quantitative estimate of drug-likeness (QED) is 0.581. The van der Waals surface area contributed by atoms with Crippen LogP contribution in [0, 0.1) is 0 Å². The molecule has 0 fully saturated rings. The van der Waals surface area contributed by atoms with Gasteiger partial charge in [0.1, 0.15) is 11.8 Å². The Bertz CT molecular complexity index is 450. The maximum atomic E-state index is 4.98. The molecular formula is C8H9N5O. The lowest BCUT2D eigenvalue weighted by Crippen LogP contribution is -1.86. The maximum absolute atomic E-state index is 4.98. The van der Waals surface area contributed by atoms with E-state index in [4.69, 9.17) is 4.74 Å². The Balaban J connectivity index is 2.36. The lowest BCUT2D eigenvalue weighted by atomic mass is 10.5. The summed E-state index contributed by atoms with van der Waals surface area (Å²) in [5.74, 6) is 0.529. The predicted molar refractivity (Wildman–Crippen MR) is 51.5 cm³/mol. The largest absolute Gasteiger partial charge is 0.483 e. The zero-order chi connectivity index (χ0) is 9.80. The normalized spacial score (nSPS) is 11.2. The molecule has 0 saturated heterocycles. The van der Waals surface area contributed by atoms with Gasteiger partial charge in [-0.2, -0.15) is 4.99 Å². The van der Waals surface area contributed by atoms with Gasteiger partial charge in [-0.3, -0.25) is 0 Å². The highest BCUT2D eigenvalue weighted by molar-refractivity contribution is 5.81. The van der Waals surface area contributed by atoms with Gasteiger partial charge in [-0.1, -0.05) is 0 Å². The fourth-order valence-electron chi connectivity index (χ4n) is 1.01. The SMILES string of the molecule is CCOC=Nc1ncnc2nc[nH]c12. The van der Waals surface area contributed by atoms with Crippen molar-refractivity contribution >= 4 is 23.4 Å². The van der Waals surface area contributed by atoms with Crippen LogP contribution in [0.5, 0.6) is 0 Å². The number of nitrogens with zero attached hydrogens (tertiary/aromatic N) is 4. The Morgan fingerprint density at radius 2 is 2.43 bits per heavy atom. The van der Waals surface area contributed by atoms with E-state index in [-0.39, 0.29) is 0 Å². The number of aliphatic imine (C=N–C) groups is 1. The zero-order valence-electron chi connectivity index (χ0n) is 7.64. The molecule has 0 bridgehead atoms. The van der Waals surface area contributed by atoms with Crippen molar-refractivity contribution in [1.29, 1.82) is 0 Å². The predicted octanol–water partition coefficient (Wildman–Crippen LogP) is 1.05. The Kier molecular flexibility index (Phi) is 2.35. The molecule has 6 heteroatoms. The van der Waals surface area contributed by atoms with Crippen LogP contribution in [0.2, 0.25) is 0 Å². The molecule has 0 atom stereocenters. The zero-order valence-corrected chi connectivity index (χ0v) is 7.64. The second-order valence-electron chi connectivity index (χ2n) is 2.49. The van der Waals surface area contributed by atoms with Crippen molar-refractivity contribution < 1.29 is 4.74 Å². The summed E-state index contributed by atoms with van der Waals surface area (Å²) in [5.41, 5.74) is 1.31.